The minimum Gasteiger partial charge on any atom is -0.337 e. The summed E-state index contributed by atoms with van der Waals surface area (Å²) in [5.41, 5.74) is 1.53. The number of hydrogen-bond acceptors (Lipinski definition) is 6. The van der Waals surface area contributed by atoms with Crippen molar-refractivity contribution in [3.63, 3.8) is 0 Å². The first-order chi connectivity index (χ1) is 15.8. The van der Waals surface area contributed by atoms with Crippen LogP contribution in [-0.4, -0.2) is 48.8 Å². The molecule has 1 aromatic heterocycles. The first kappa shape index (κ1) is 25.6. The minimum absolute atomic E-state index is 0.0200. The number of halogens is 2. The Labute approximate surface area is 205 Å². The highest BCUT2D eigenvalue weighted by molar-refractivity contribution is 7.89. The van der Waals surface area contributed by atoms with Gasteiger partial charge in [0.05, 0.1) is 21.4 Å². The average Bonchev–Trinajstić information content (AvgIpc) is 3.27. The lowest BCUT2D eigenvalue weighted by atomic mass is 10.1. The summed E-state index contributed by atoms with van der Waals surface area (Å²) < 4.78 is 34.0. The zero-order valence-electron chi connectivity index (χ0n) is 18.7. The van der Waals surface area contributed by atoms with Gasteiger partial charge in [0.1, 0.15) is 6.04 Å². The molecule has 0 aliphatic rings. The molecule has 0 radical (unpaired) electrons. The van der Waals surface area contributed by atoms with Crippen LogP contribution in [0.1, 0.15) is 37.8 Å². The molecule has 0 aliphatic carbocycles. The predicted molar refractivity (Wildman–Crippen MR) is 132 cm³/mol. The molecular formula is C23H28Cl2N4O3S. The highest BCUT2D eigenvalue weighted by atomic mass is 35.5. The summed E-state index contributed by atoms with van der Waals surface area (Å²) >= 11 is 12.6. The molecule has 0 unspecified atom stereocenters. The number of nitrogens with one attached hydrogen (secondary N) is 1. The lowest BCUT2D eigenvalue weighted by Gasteiger charge is -2.20. The molecule has 1 N–H and O–H groups in total. The van der Waals surface area contributed by atoms with E-state index in [0.29, 0.717) is 35.0 Å². The van der Waals surface area contributed by atoms with Crippen molar-refractivity contribution in [1.82, 2.24) is 19.8 Å². The number of rotatable bonds is 12. The molecule has 178 valence electrons. The summed E-state index contributed by atoms with van der Waals surface area (Å²) in [7, 11) is -3.59. The molecule has 1 atom stereocenters. The minimum atomic E-state index is -3.59. The van der Waals surface area contributed by atoms with E-state index in [1.165, 1.54) is 0 Å². The van der Waals surface area contributed by atoms with Crippen LogP contribution in [0.4, 0.5) is 0 Å². The third kappa shape index (κ3) is 7.25. The summed E-state index contributed by atoms with van der Waals surface area (Å²) in [5, 5.41) is 4.79. The van der Waals surface area contributed by atoms with Gasteiger partial charge in [-0.05, 0) is 43.6 Å². The van der Waals surface area contributed by atoms with Gasteiger partial charge in [-0.25, -0.2) is 13.1 Å². The molecule has 0 saturated carbocycles. The van der Waals surface area contributed by atoms with Gasteiger partial charge in [-0.2, -0.15) is 4.98 Å². The molecule has 10 heteroatoms. The molecule has 1 heterocycles. The van der Waals surface area contributed by atoms with Crippen LogP contribution < -0.4 is 4.72 Å². The van der Waals surface area contributed by atoms with Crippen molar-refractivity contribution in [1.29, 1.82) is 0 Å². The van der Waals surface area contributed by atoms with Crippen molar-refractivity contribution >= 4 is 33.2 Å². The number of aryl methyl sites for hydroxylation is 1. The summed E-state index contributed by atoms with van der Waals surface area (Å²) in [4.78, 5) is 6.50. The van der Waals surface area contributed by atoms with Gasteiger partial charge in [-0.3, -0.25) is 0 Å². The van der Waals surface area contributed by atoms with E-state index in [9.17, 15) is 8.42 Å². The van der Waals surface area contributed by atoms with Crippen LogP contribution in [0.2, 0.25) is 10.0 Å². The van der Waals surface area contributed by atoms with Gasteiger partial charge >= 0.3 is 0 Å². The van der Waals surface area contributed by atoms with Gasteiger partial charge in [-0.15, -0.1) is 0 Å². The molecule has 7 nitrogen and oxygen atoms in total. The fraction of sp³-hybridized carbons (Fsp3) is 0.391. The molecule has 3 rings (SSSR count). The Balaban J connectivity index is 1.83. The quantitative estimate of drug-likeness (QED) is 0.369. The standard InChI is InChI=1S/C23H28Cl2N4O3S/c1-3-29(4-2)15-16-33(30,31)28-20(14-13-17-9-6-5-7-10-17)23-26-22(27-32-23)21-18(24)11-8-12-19(21)25/h5-12,20,28H,3-4,13-16H2,1-2H3/t20-/m1/s1. The maximum Gasteiger partial charge on any atom is 0.245 e. The van der Waals surface area contributed by atoms with Crippen LogP contribution in [0.5, 0.6) is 0 Å². The van der Waals surface area contributed by atoms with E-state index in [1.807, 2.05) is 44.2 Å². The Kier molecular flexibility index (Phi) is 9.28. The van der Waals surface area contributed by atoms with Crippen molar-refractivity contribution in [3.8, 4) is 11.4 Å². The van der Waals surface area contributed by atoms with Gasteiger partial charge in [0, 0.05) is 6.54 Å². The largest absolute Gasteiger partial charge is 0.337 e. The fourth-order valence-corrected chi connectivity index (χ4v) is 5.28. The molecule has 3 aromatic rings. The number of sulfonamides is 1. The first-order valence-electron chi connectivity index (χ1n) is 10.9. The van der Waals surface area contributed by atoms with Crippen LogP contribution >= 0.6 is 23.2 Å². The second-order valence-corrected chi connectivity index (χ2v) is 10.3. The van der Waals surface area contributed by atoms with Crippen molar-refractivity contribution in [2.75, 3.05) is 25.4 Å². The summed E-state index contributed by atoms with van der Waals surface area (Å²) in [6.45, 7) is 6.03. The van der Waals surface area contributed by atoms with E-state index in [1.54, 1.807) is 18.2 Å². The summed E-state index contributed by atoms with van der Waals surface area (Å²) in [5.74, 6) is 0.365. The van der Waals surface area contributed by atoms with Crippen LogP contribution in [0.25, 0.3) is 11.4 Å². The smallest absolute Gasteiger partial charge is 0.245 e. The number of hydrogen-bond donors (Lipinski definition) is 1. The third-order valence-electron chi connectivity index (χ3n) is 5.38. The second-order valence-electron chi connectivity index (χ2n) is 7.59. The Morgan fingerprint density at radius 2 is 1.70 bits per heavy atom. The van der Waals surface area contributed by atoms with E-state index < -0.39 is 16.1 Å². The monoisotopic (exact) mass is 510 g/mol. The van der Waals surface area contributed by atoms with E-state index in [2.05, 4.69) is 19.8 Å². The zero-order valence-corrected chi connectivity index (χ0v) is 21.0. The molecule has 33 heavy (non-hydrogen) atoms. The molecule has 0 bridgehead atoms. The molecule has 0 amide bonds. The van der Waals surface area contributed by atoms with E-state index in [0.717, 1.165) is 18.7 Å². The van der Waals surface area contributed by atoms with Gasteiger partial charge in [0.25, 0.3) is 0 Å². The number of nitrogens with zero attached hydrogens (tertiary/aromatic N) is 3. The van der Waals surface area contributed by atoms with Crippen molar-refractivity contribution < 1.29 is 12.9 Å². The lowest BCUT2D eigenvalue weighted by molar-refractivity contribution is 0.319. The maximum absolute atomic E-state index is 12.9. The van der Waals surface area contributed by atoms with Crippen LogP contribution in [-0.2, 0) is 16.4 Å². The van der Waals surface area contributed by atoms with E-state index >= 15 is 0 Å². The highest BCUT2D eigenvalue weighted by Crippen LogP contribution is 2.33. The van der Waals surface area contributed by atoms with Gasteiger partial charge in [0.2, 0.25) is 21.7 Å². The topological polar surface area (TPSA) is 88.3 Å². The fourth-order valence-electron chi connectivity index (χ4n) is 3.44. The average molecular weight is 511 g/mol. The Bertz CT molecular complexity index is 1120. The molecule has 0 saturated heterocycles. The summed E-state index contributed by atoms with van der Waals surface area (Å²) in [6.07, 6.45) is 1.08. The van der Waals surface area contributed by atoms with E-state index in [4.69, 9.17) is 27.7 Å². The highest BCUT2D eigenvalue weighted by Gasteiger charge is 2.26. The van der Waals surface area contributed by atoms with Crippen molar-refractivity contribution in [2.45, 2.75) is 32.7 Å². The van der Waals surface area contributed by atoms with Gasteiger partial charge in [0.15, 0.2) is 0 Å². The third-order valence-corrected chi connectivity index (χ3v) is 7.38. The maximum atomic E-state index is 12.9. The molecule has 2 aromatic carbocycles. The first-order valence-corrected chi connectivity index (χ1v) is 13.3. The Morgan fingerprint density at radius 1 is 1.03 bits per heavy atom. The Morgan fingerprint density at radius 3 is 2.33 bits per heavy atom. The molecule has 0 spiro atoms. The van der Waals surface area contributed by atoms with Crippen LogP contribution in [0.15, 0.2) is 53.1 Å². The van der Waals surface area contributed by atoms with Crippen LogP contribution in [0, 0.1) is 0 Å². The van der Waals surface area contributed by atoms with Gasteiger partial charge in [-0.1, -0.05) is 78.6 Å². The second kappa shape index (κ2) is 11.9. The van der Waals surface area contributed by atoms with Crippen LogP contribution in [0.3, 0.4) is 0 Å². The summed E-state index contributed by atoms with van der Waals surface area (Å²) in [6, 6.07) is 14.2. The SMILES string of the molecule is CCN(CC)CCS(=O)(=O)N[C@H](CCc1ccccc1)c1nc(-c2c(Cl)cccc2Cl)no1. The van der Waals surface area contributed by atoms with Crippen molar-refractivity contribution in [2.24, 2.45) is 0 Å². The zero-order chi connectivity index (χ0) is 23.8. The molecule has 0 aliphatic heterocycles. The lowest BCUT2D eigenvalue weighted by Crippen LogP contribution is -2.36. The van der Waals surface area contributed by atoms with Gasteiger partial charge < -0.3 is 9.42 Å². The number of benzene rings is 2. The Hall–Kier alpha value is -1.97. The predicted octanol–water partition coefficient (Wildman–Crippen LogP) is 4.98. The number of aromatic nitrogens is 2. The van der Waals surface area contributed by atoms with E-state index in [-0.39, 0.29) is 17.5 Å². The molecular weight excluding hydrogens is 483 g/mol. The normalized spacial score (nSPS) is 12.9. The molecule has 0 fully saturated rings. The van der Waals surface area contributed by atoms with Crippen molar-refractivity contribution in [3.05, 3.63) is 70.0 Å².